The highest BCUT2D eigenvalue weighted by molar-refractivity contribution is 6.39. The maximum absolute atomic E-state index is 14.3. The van der Waals surface area contributed by atoms with Gasteiger partial charge >= 0.3 is 5.97 Å². The second-order valence-electron chi connectivity index (χ2n) is 24.4. The third-order valence-electron chi connectivity index (χ3n) is 17.7. The van der Waals surface area contributed by atoms with Gasteiger partial charge in [0.15, 0.2) is 0 Å². The standard InChI is InChI=1S/C44H69NO12.C26H29NO/c1-10-13-31-19-25(2)18-26(3)20-37(54-8)40-38(55-9)22-28(5)44(52,57-40)41(49)42(50)45-17-12-11-14-32(45)43(51)56-39(29(6)34(47)24-35(31)48)27(4)21-30-15-16-33(46)36(23-30)53-7;1-4-25(21-11-7-5-8-12-21)26(22-13-9-6-10-14-22)23-15-17-24(18-16-23)28-20-19-27(2)3/h10,19,21,26,28-34,36-40,46-47,52H,1,11-18,20,22-24H2,2-9H3;5-18H,4,19-20H2,1-3H3/b25-19+,27-21+;26-25-/t26-,28+,29+,30-,31+,32-,33+,34-,36+,37-,38-,39+,40+,44+;/m0./s1. The van der Waals surface area contributed by atoms with E-state index in [9.17, 15) is 34.5 Å². The lowest BCUT2D eigenvalue weighted by Crippen LogP contribution is -2.64. The van der Waals surface area contributed by atoms with Crippen LogP contribution in [0.25, 0.3) is 11.1 Å². The van der Waals surface area contributed by atoms with Crippen LogP contribution in [0, 0.1) is 29.6 Å². The number of carbonyl (C=O) groups excluding carboxylic acids is 4. The molecule has 15 heteroatoms. The molecule has 3 heterocycles. The van der Waals surface area contributed by atoms with Crippen molar-refractivity contribution in [2.45, 2.75) is 173 Å². The molecule has 466 valence electrons. The maximum atomic E-state index is 14.3. The quantitative estimate of drug-likeness (QED) is 0.0564. The number of cyclic esters (lactones) is 1. The molecule has 3 N–H and O–H groups in total. The largest absolute Gasteiger partial charge is 0.492 e. The van der Waals surface area contributed by atoms with Gasteiger partial charge in [0.2, 0.25) is 5.79 Å². The van der Waals surface area contributed by atoms with E-state index in [1.807, 2.05) is 32.9 Å². The third kappa shape index (κ3) is 18.2. The minimum atomic E-state index is -2.51. The highest BCUT2D eigenvalue weighted by Gasteiger charge is 2.56. The van der Waals surface area contributed by atoms with E-state index >= 15 is 0 Å². The minimum Gasteiger partial charge on any atom is -0.492 e. The van der Waals surface area contributed by atoms with Gasteiger partial charge in [-0.3, -0.25) is 14.4 Å². The molecule has 0 radical (unpaired) electrons. The molecule has 3 aliphatic heterocycles. The molecule has 2 bridgehead atoms. The Bertz CT molecular complexity index is 2730. The van der Waals surface area contributed by atoms with Crippen LogP contribution in [0.3, 0.4) is 0 Å². The van der Waals surface area contributed by atoms with E-state index in [0.29, 0.717) is 63.5 Å². The fourth-order valence-corrected chi connectivity index (χ4v) is 12.8. The molecule has 2 saturated heterocycles. The Morgan fingerprint density at radius 1 is 0.788 bits per heavy atom. The molecule has 1 aliphatic carbocycles. The first kappa shape index (κ1) is 68.5. The van der Waals surface area contributed by atoms with Crippen LogP contribution in [0.2, 0.25) is 0 Å². The molecule has 1 amide bonds. The molecule has 85 heavy (non-hydrogen) atoms. The van der Waals surface area contributed by atoms with Gasteiger partial charge in [0.25, 0.3) is 11.7 Å². The molecule has 0 aromatic heterocycles. The molecular weight excluding hydrogens is 1080 g/mol. The summed E-state index contributed by atoms with van der Waals surface area (Å²) in [7, 11) is 8.72. The predicted molar refractivity (Wildman–Crippen MR) is 332 cm³/mol. The van der Waals surface area contributed by atoms with E-state index in [4.69, 9.17) is 28.4 Å². The van der Waals surface area contributed by atoms with Crippen LogP contribution in [0.1, 0.15) is 135 Å². The Hall–Kier alpha value is -5.62. The fraction of sp³-hybridized carbons (Fsp3) is 0.571. The molecule has 3 aromatic rings. The minimum absolute atomic E-state index is 0.00988. The van der Waals surface area contributed by atoms with E-state index in [1.165, 1.54) is 47.0 Å². The van der Waals surface area contributed by atoms with Gasteiger partial charge in [-0.05, 0) is 156 Å². The number of ether oxygens (including phenoxy) is 6. The number of hydrogen-bond donors (Lipinski definition) is 3. The molecule has 3 aromatic carbocycles. The van der Waals surface area contributed by atoms with Crippen molar-refractivity contribution in [2.75, 3.05) is 55.1 Å². The van der Waals surface area contributed by atoms with Crippen molar-refractivity contribution in [3.63, 3.8) is 0 Å². The van der Waals surface area contributed by atoms with Crippen LogP contribution < -0.4 is 4.74 Å². The van der Waals surface area contributed by atoms with E-state index in [1.54, 1.807) is 27.0 Å². The molecule has 3 fully saturated rings. The number of esters is 1. The fourth-order valence-electron chi connectivity index (χ4n) is 12.8. The zero-order chi connectivity index (χ0) is 62.0. The summed E-state index contributed by atoms with van der Waals surface area (Å²) in [6.45, 7) is 17.0. The monoisotopic (exact) mass is 1170 g/mol. The molecule has 0 unspecified atom stereocenters. The van der Waals surface area contributed by atoms with Crippen molar-refractivity contribution in [3.05, 3.63) is 138 Å². The van der Waals surface area contributed by atoms with Crippen molar-refractivity contribution < 1.29 is 62.9 Å². The first-order valence-corrected chi connectivity index (χ1v) is 30.8. The number of allylic oxidation sites excluding steroid dienone is 5. The van der Waals surface area contributed by atoms with Crippen LogP contribution in [-0.4, -0.2) is 158 Å². The summed E-state index contributed by atoms with van der Waals surface area (Å²) in [6, 6.07) is 28.7. The van der Waals surface area contributed by atoms with E-state index in [2.05, 4.69) is 117 Å². The Balaban J connectivity index is 0.000000343. The number of piperidine rings is 1. The van der Waals surface area contributed by atoms with Gasteiger partial charge in [-0.15, -0.1) is 6.58 Å². The molecule has 14 atom stereocenters. The lowest BCUT2D eigenvalue weighted by Gasteiger charge is -2.47. The number of benzene rings is 3. The lowest BCUT2D eigenvalue weighted by molar-refractivity contribution is -0.302. The van der Waals surface area contributed by atoms with Crippen LogP contribution in [-0.2, 0) is 42.9 Å². The maximum Gasteiger partial charge on any atom is 0.329 e. The van der Waals surface area contributed by atoms with Crippen molar-refractivity contribution >= 4 is 34.6 Å². The van der Waals surface area contributed by atoms with Gasteiger partial charge in [0, 0.05) is 58.6 Å². The number of aliphatic hydroxyl groups is 3. The zero-order valence-corrected chi connectivity index (χ0v) is 52.5. The topological polar surface area (TPSA) is 191 Å². The highest BCUT2D eigenvalue weighted by atomic mass is 16.7. The van der Waals surface area contributed by atoms with Crippen molar-refractivity contribution in [3.8, 4) is 5.75 Å². The average Bonchev–Trinajstić information content (AvgIpc) is 2.43. The predicted octanol–water partition coefficient (Wildman–Crippen LogP) is 10.6. The van der Waals surface area contributed by atoms with Crippen molar-refractivity contribution in [1.82, 2.24) is 9.80 Å². The second kappa shape index (κ2) is 32.9. The van der Waals surface area contributed by atoms with E-state index in [0.717, 1.165) is 24.3 Å². The highest BCUT2D eigenvalue weighted by Crippen LogP contribution is 2.40. The summed E-state index contributed by atoms with van der Waals surface area (Å²) in [5.41, 5.74) is 7.98. The summed E-state index contributed by atoms with van der Waals surface area (Å²) in [6.07, 6.45) is 5.90. The SMILES string of the molecule is C=CC[C@@H]1/C=C(\C)C[C@H](C)C[C@H](OC)[C@H]2O[C@@](O)(C(=O)C(=O)N3CCCC[C@H]3C(=O)O[C@H](/C(C)=C/[C@@H]3CC[C@@H](O)[C@H](OC)C3)[C@H](C)[C@@H](O)CC1=O)[C@H](C)C[C@@H]2OC.CC/C(=C(\c1ccccc1)c1ccc(OCCN(C)C)cc1)c1ccccc1. The van der Waals surface area contributed by atoms with Crippen LogP contribution >= 0.6 is 0 Å². The number of hydrogen-bond acceptors (Lipinski definition) is 14. The number of aliphatic hydroxyl groups excluding tert-OH is 2. The summed E-state index contributed by atoms with van der Waals surface area (Å²) in [5.74, 6) is -6.85. The normalized spacial score (nSPS) is 31.4. The molecule has 0 spiro atoms. The van der Waals surface area contributed by atoms with Gasteiger partial charge in [-0.2, -0.15) is 0 Å². The number of rotatable bonds is 15. The second-order valence-corrected chi connectivity index (χ2v) is 24.4. The molecule has 7 rings (SSSR count). The Morgan fingerprint density at radius 3 is 2.02 bits per heavy atom. The lowest BCUT2D eigenvalue weighted by atomic mass is 9.81. The Labute approximate surface area is 506 Å². The summed E-state index contributed by atoms with van der Waals surface area (Å²) >= 11 is 0. The van der Waals surface area contributed by atoms with Crippen LogP contribution in [0.5, 0.6) is 5.75 Å². The van der Waals surface area contributed by atoms with Crippen molar-refractivity contribution in [1.29, 1.82) is 0 Å². The van der Waals surface area contributed by atoms with Crippen molar-refractivity contribution in [2.24, 2.45) is 29.6 Å². The summed E-state index contributed by atoms with van der Waals surface area (Å²) in [5, 5.41) is 34.1. The number of methoxy groups -OCH3 is 3. The molecule has 4 aliphatic rings. The Morgan fingerprint density at radius 2 is 1.41 bits per heavy atom. The summed E-state index contributed by atoms with van der Waals surface area (Å²) in [4.78, 5) is 59.9. The van der Waals surface area contributed by atoms with Gasteiger partial charge in [0.05, 0.1) is 30.5 Å². The first-order valence-electron chi connectivity index (χ1n) is 30.8. The number of likely N-dealkylation sites (N-methyl/N-ethyl adjacent to an activating group) is 1. The average molecular weight is 1180 g/mol. The van der Waals surface area contributed by atoms with Gasteiger partial charge in [-0.1, -0.05) is 124 Å². The number of nitrogens with zero attached hydrogens (tertiary/aromatic N) is 2. The molecule has 15 nitrogen and oxygen atoms in total. The smallest absolute Gasteiger partial charge is 0.329 e. The van der Waals surface area contributed by atoms with Gasteiger partial charge < -0.3 is 53.5 Å². The number of fused-ring (bicyclic) bond motifs is 3. The number of Topliss-reactive ketones (excluding diaryl/α,β-unsaturated/α-hetero) is 2. The number of ketones is 2. The third-order valence-corrected chi connectivity index (χ3v) is 17.7. The van der Waals surface area contributed by atoms with E-state index in [-0.39, 0.29) is 49.5 Å². The molecular formula is C70H98N2O13. The number of amides is 1. The summed E-state index contributed by atoms with van der Waals surface area (Å²) < 4.78 is 35.6. The van der Waals surface area contributed by atoms with Gasteiger partial charge in [0.1, 0.15) is 36.4 Å². The van der Waals surface area contributed by atoms with Gasteiger partial charge in [-0.25, -0.2) is 4.79 Å². The van der Waals surface area contributed by atoms with E-state index < -0.39 is 83.9 Å². The van der Waals surface area contributed by atoms with Crippen LogP contribution in [0.4, 0.5) is 0 Å². The number of carbonyl (C=O) groups is 4. The van der Waals surface area contributed by atoms with Crippen LogP contribution in [0.15, 0.2) is 121 Å². The Kier molecular flexibility index (Phi) is 26.5. The molecule has 1 saturated carbocycles. The first-order chi connectivity index (χ1) is 40.7. The zero-order valence-electron chi connectivity index (χ0n) is 52.5.